The molecule has 6 aromatic rings. The van der Waals surface area contributed by atoms with Crippen molar-refractivity contribution in [3.63, 3.8) is 0 Å². The number of carboxylic acids is 2. The number of nitrogens with one attached hydrogen (secondary N) is 3. The Morgan fingerprint density at radius 1 is 0.486 bits per heavy atom. The summed E-state index contributed by atoms with van der Waals surface area (Å²) in [5.41, 5.74) is -5.41. The first kappa shape index (κ1) is 90.1. The van der Waals surface area contributed by atoms with Gasteiger partial charge in [0.15, 0.2) is 29.5 Å². The Labute approximate surface area is 623 Å². The Morgan fingerprint density at radius 3 is 0.963 bits per heavy atom. The van der Waals surface area contributed by atoms with Crippen LogP contribution in [0.2, 0.25) is 0 Å². The fourth-order valence-electron chi connectivity index (χ4n) is 10.8. The molecule has 6 aromatic carbocycles. The molecule has 0 bridgehead atoms. The van der Waals surface area contributed by atoms with Crippen molar-refractivity contribution < 1.29 is 108 Å². The zero-order valence-electron chi connectivity index (χ0n) is 54.7. The highest BCUT2D eigenvalue weighted by Crippen LogP contribution is 2.43. The van der Waals surface area contributed by atoms with Crippen LogP contribution in [0, 0.1) is 34.0 Å². The fraction of sp³-hybridized carbons (Fsp3) is 0.243. The Bertz CT molecular complexity index is 4920. The molecule has 0 saturated heterocycles. The summed E-state index contributed by atoms with van der Waals surface area (Å²) in [6.07, 6.45) is -10.1. The number of nitrogens with zero attached hydrogens (tertiary/aromatic N) is 6. The lowest BCUT2D eigenvalue weighted by molar-refractivity contribution is -0.139. The molecule has 0 saturated carbocycles. The predicted octanol–water partition coefficient (Wildman–Crippen LogP) is 14.4. The van der Waals surface area contributed by atoms with E-state index in [1.54, 1.807) is 12.1 Å². The minimum absolute atomic E-state index is 0. The standard InChI is InChI=1S/C24H20F3N3O5S.2C21H16F3N3O5S.CH3I.3CH4/c1-4-10-35-22(31)20-14(2)30(17-7-5-6-16(12-17)24(25,26)27)23(32)29-21(20)18-9-8-15(13-28)11-19(18)36(3,33)34;2*1-11-17(19(28)29)18(15-7-6-12(10-25)8-16(15)33(2,31)32)26-20(30)27(11)14-5-3-4-13(9-14)21(22,23)24;1-2;;;/h4-9,11-12,21H,1,10H2,2-3H3,(H,29,32);2*3-9,18H,1-2H3,(H,26,30)(H,28,29);1H3;3*1H4/t;18-;;;;;/m.1...../s1. The van der Waals surface area contributed by atoms with Crippen molar-refractivity contribution in [2.45, 2.75) is 94.4 Å². The SMILES string of the molecule is C.C.C.C=CCOC(=O)C1=C(C)N(c2cccc(C(F)(F)F)c2)C(=O)NC1c1ccc(C#N)cc1S(C)(=O)=O.CC1=C(C(=O)O)C(c2ccc(C#N)cc2S(C)(=O)=O)NC(=O)N1c1cccc(C(F)(F)F)c1.CC1=C(C(=O)O)[C@@H](c2ccc(C#N)cc2S(C)(=O)=O)NC(=O)N1c1cccc(C(F)(F)F)c1.CI. The summed E-state index contributed by atoms with van der Waals surface area (Å²) >= 11 is 2.15. The average Bonchev–Trinajstić information content (AvgIpc) is 0.760. The number of allylic oxidation sites excluding steroid dienone is 3. The molecule has 0 aromatic heterocycles. The average molecular weight is 1670 g/mol. The van der Waals surface area contributed by atoms with Gasteiger partial charge in [-0.15, -0.1) is 0 Å². The molecule has 9 rings (SSSR count). The van der Waals surface area contributed by atoms with Crippen molar-refractivity contribution in [1.29, 1.82) is 15.8 Å². The number of carbonyl (C=O) groups excluding carboxylic acids is 4. The molecule has 570 valence electrons. The Kier molecular flexibility index (Phi) is 29.8. The molecule has 0 aliphatic carbocycles. The normalized spacial score (nSPS) is 16.0. The second-order valence-electron chi connectivity index (χ2n) is 22.2. The molecule has 0 radical (unpaired) electrons. The van der Waals surface area contributed by atoms with Gasteiger partial charge in [0.1, 0.15) is 6.61 Å². The molecule has 3 aliphatic rings. The van der Waals surface area contributed by atoms with E-state index >= 15 is 0 Å². The molecule has 37 heteroatoms. The summed E-state index contributed by atoms with van der Waals surface area (Å²) in [4.78, 5) is 79.6. The van der Waals surface area contributed by atoms with Gasteiger partial charge in [-0.2, -0.15) is 55.3 Å². The highest BCUT2D eigenvalue weighted by atomic mass is 127. The molecular weight excluding hydrogens is 1600 g/mol. The number of aliphatic carboxylic acids is 2. The van der Waals surface area contributed by atoms with Crippen LogP contribution in [-0.2, 0) is 67.2 Å². The van der Waals surface area contributed by atoms with Crippen molar-refractivity contribution >= 4 is 105 Å². The monoisotopic (exact) mass is 1670 g/mol. The first-order valence-electron chi connectivity index (χ1n) is 29.1. The topological polar surface area (TPSA) is 372 Å². The number of halogens is 10. The molecule has 0 fully saturated rings. The fourth-order valence-corrected chi connectivity index (χ4v) is 13.7. The van der Waals surface area contributed by atoms with Crippen LogP contribution in [0.4, 0.5) is 71.0 Å². The van der Waals surface area contributed by atoms with E-state index < -0.39 is 130 Å². The zero-order valence-corrected chi connectivity index (χ0v) is 59.3. The lowest BCUT2D eigenvalue weighted by atomic mass is 9.93. The molecule has 3 aliphatic heterocycles. The van der Waals surface area contributed by atoms with E-state index in [2.05, 4.69) is 45.1 Å². The number of esters is 1. The van der Waals surface area contributed by atoms with Gasteiger partial charge in [-0.1, -0.05) is 93.9 Å². The second kappa shape index (κ2) is 35.3. The van der Waals surface area contributed by atoms with Crippen molar-refractivity contribution in [2.24, 2.45) is 0 Å². The summed E-state index contributed by atoms with van der Waals surface area (Å²) in [6.45, 7) is 7.05. The van der Waals surface area contributed by atoms with Crippen LogP contribution in [0.3, 0.4) is 0 Å². The molecule has 0 spiro atoms. The number of alkyl halides is 10. The van der Waals surface area contributed by atoms with Gasteiger partial charge in [-0.3, -0.25) is 14.7 Å². The lowest BCUT2D eigenvalue weighted by Gasteiger charge is -2.36. The third-order valence-electron chi connectivity index (χ3n) is 15.3. The van der Waals surface area contributed by atoms with Gasteiger partial charge in [-0.05, 0) is 133 Å². The van der Waals surface area contributed by atoms with E-state index in [0.29, 0.717) is 12.1 Å². The number of sulfone groups is 3. The van der Waals surface area contributed by atoms with Gasteiger partial charge in [-0.25, -0.2) is 54.0 Å². The van der Waals surface area contributed by atoms with E-state index in [1.807, 2.05) is 11.0 Å². The second-order valence-corrected chi connectivity index (χ2v) is 28.2. The van der Waals surface area contributed by atoms with E-state index in [-0.39, 0.29) is 117 Å². The summed E-state index contributed by atoms with van der Waals surface area (Å²) in [6, 6.07) is 20.7. The van der Waals surface area contributed by atoms with E-state index in [1.165, 1.54) is 81.4 Å². The first-order chi connectivity index (χ1) is 48.3. The number of carbonyl (C=O) groups is 6. The van der Waals surface area contributed by atoms with Crippen molar-refractivity contribution in [1.82, 2.24) is 16.0 Å². The van der Waals surface area contributed by atoms with E-state index in [0.717, 1.165) is 94.1 Å². The molecule has 2 unspecified atom stereocenters. The lowest BCUT2D eigenvalue weighted by Crippen LogP contribution is -2.48. The number of benzene rings is 6. The third kappa shape index (κ3) is 20.5. The smallest absolute Gasteiger partial charge is 0.416 e. The molecule has 3 heterocycles. The Morgan fingerprint density at radius 2 is 0.738 bits per heavy atom. The van der Waals surface area contributed by atoms with Crippen LogP contribution in [0.5, 0.6) is 0 Å². The summed E-state index contributed by atoms with van der Waals surface area (Å²) in [7, 11) is -11.8. The quantitative estimate of drug-likeness (QED) is 0.0222. The van der Waals surface area contributed by atoms with Crippen LogP contribution >= 0.6 is 22.6 Å². The molecule has 6 amide bonds. The van der Waals surface area contributed by atoms with Gasteiger partial charge in [0.2, 0.25) is 0 Å². The number of anilines is 3. The first-order valence-corrected chi connectivity index (χ1v) is 36.9. The van der Waals surface area contributed by atoms with Crippen LogP contribution < -0.4 is 30.7 Å². The number of ether oxygens (including phenoxy) is 1. The molecule has 107 heavy (non-hydrogen) atoms. The number of nitriles is 3. The predicted molar refractivity (Wildman–Crippen MR) is 383 cm³/mol. The highest BCUT2D eigenvalue weighted by molar-refractivity contribution is 14.1. The summed E-state index contributed by atoms with van der Waals surface area (Å²) < 4.78 is 198. The molecule has 5 N–H and O–H groups in total. The van der Waals surface area contributed by atoms with Crippen LogP contribution in [-0.4, -0.2) is 102 Å². The van der Waals surface area contributed by atoms with Gasteiger partial charge in [0.25, 0.3) is 0 Å². The zero-order chi connectivity index (χ0) is 78.3. The summed E-state index contributed by atoms with van der Waals surface area (Å²) in [5.74, 6) is -3.98. The molecular formula is C70H67F9IN9O15S3. The minimum atomic E-state index is -4.69. The van der Waals surface area contributed by atoms with Gasteiger partial charge in [0, 0.05) is 35.9 Å². The number of urea groups is 3. The molecule has 24 nitrogen and oxygen atoms in total. The number of carboxylic acid groups (broad SMARTS) is 2. The van der Waals surface area contributed by atoms with Crippen LogP contribution in [0.15, 0.2) is 189 Å². The van der Waals surface area contributed by atoms with Crippen molar-refractivity contribution in [3.8, 4) is 18.2 Å². The van der Waals surface area contributed by atoms with E-state index in [9.17, 15) is 109 Å². The number of hydrogen-bond acceptors (Lipinski definition) is 16. The van der Waals surface area contributed by atoms with Crippen LogP contribution in [0.25, 0.3) is 0 Å². The maximum absolute atomic E-state index is 13.3. The number of rotatable bonds is 14. The third-order valence-corrected chi connectivity index (χ3v) is 18.8. The van der Waals surface area contributed by atoms with Gasteiger partial charge in [0.05, 0.1) is 118 Å². The maximum atomic E-state index is 13.3. The summed E-state index contributed by atoms with van der Waals surface area (Å²) in [5, 5.41) is 54.3. The highest BCUT2D eigenvalue weighted by Gasteiger charge is 2.44. The van der Waals surface area contributed by atoms with Crippen LogP contribution in [0.1, 0.15) is 111 Å². The minimum Gasteiger partial charge on any atom is -0.478 e. The Balaban J connectivity index is 0.000000406. The molecule has 3 atom stereocenters. The van der Waals surface area contributed by atoms with E-state index in [4.69, 9.17) is 15.3 Å². The van der Waals surface area contributed by atoms with Crippen molar-refractivity contribution in [2.75, 3.05) is 45.0 Å². The largest absolute Gasteiger partial charge is 0.478 e. The van der Waals surface area contributed by atoms with Gasteiger partial charge >= 0.3 is 54.5 Å². The Hall–Kier alpha value is -11.1. The number of amides is 6. The maximum Gasteiger partial charge on any atom is 0.416 e. The number of hydrogen-bond donors (Lipinski definition) is 5. The van der Waals surface area contributed by atoms with Gasteiger partial charge < -0.3 is 30.9 Å². The van der Waals surface area contributed by atoms with Crippen molar-refractivity contribution in [3.05, 3.63) is 224 Å².